The van der Waals surface area contributed by atoms with Crippen LogP contribution in [0.1, 0.15) is 64.7 Å². The normalized spacial score (nSPS) is 36.5. The third kappa shape index (κ3) is 3.52. The first-order valence-electron chi connectivity index (χ1n) is 8.81. The van der Waals surface area contributed by atoms with E-state index >= 15 is 0 Å². The van der Waals surface area contributed by atoms with Gasteiger partial charge in [-0.15, -0.1) is 0 Å². The first-order valence-corrected chi connectivity index (χ1v) is 8.81. The molecule has 0 unspecified atom stereocenters. The monoisotopic (exact) mass is 264 g/mol. The average Bonchev–Trinajstić information content (AvgIpc) is 2.48. The van der Waals surface area contributed by atoms with Crippen LogP contribution in [0.3, 0.4) is 0 Å². The fourth-order valence-electron chi connectivity index (χ4n) is 4.63. The number of hydrogen-bond acceptors (Lipinski definition) is 2. The standard InChI is InChI=1S/C17H32N2/c1-15-6-5-7-17(14-15)19-12-8-16(9-13-19)18-10-3-2-4-11-18/h15-17H,2-14H2,1H3/t15-,17+/m1/s1. The second kappa shape index (κ2) is 6.58. The summed E-state index contributed by atoms with van der Waals surface area (Å²) in [4.78, 5) is 5.63. The highest BCUT2D eigenvalue weighted by Crippen LogP contribution is 2.30. The molecule has 2 heteroatoms. The average molecular weight is 264 g/mol. The molecular formula is C17H32N2. The maximum absolute atomic E-state index is 2.83. The number of rotatable bonds is 2. The molecule has 2 atom stereocenters. The van der Waals surface area contributed by atoms with Crippen molar-refractivity contribution in [3.05, 3.63) is 0 Å². The van der Waals surface area contributed by atoms with E-state index in [0.29, 0.717) is 0 Å². The van der Waals surface area contributed by atoms with Crippen molar-refractivity contribution in [2.24, 2.45) is 5.92 Å². The van der Waals surface area contributed by atoms with E-state index in [1.807, 2.05) is 0 Å². The second-order valence-electron chi connectivity index (χ2n) is 7.29. The molecule has 2 nitrogen and oxygen atoms in total. The molecule has 0 amide bonds. The van der Waals surface area contributed by atoms with Crippen LogP contribution in [-0.4, -0.2) is 48.1 Å². The summed E-state index contributed by atoms with van der Waals surface area (Å²) in [7, 11) is 0. The van der Waals surface area contributed by atoms with E-state index in [9.17, 15) is 0 Å². The second-order valence-corrected chi connectivity index (χ2v) is 7.29. The summed E-state index contributed by atoms with van der Waals surface area (Å²) in [6.07, 6.45) is 13.1. The fraction of sp³-hybridized carbons (Fsp3) is 1.00. The van der Waals surface area contributed by atoms with Crippen molar-refractivity contribution >= 4 is 0 Å². The minimum Gasteiger partial charge on any atom is -0.300 e. The van der Waals surface area contributed by atoms with Crippen molar-refractivity contribution in [3.8, 4) is 0 Å². The Morgan fingerprint density at radius 1 is 0.632 bits per heavy atom. The number of hydrogen-bond donors (Lipinski definition) is 0. The SMILES string of the molecule is C[C@@H]1CCC[C@H](N2CCC(N3CCCCC3)CC2)C1. The highest BCUT2D eigenvalue weighted by atomic mass is 15.2. The van der Waals surface area contributed by atoms with E-state index in [0.717, 1.165) is 18.0 Å². The lowest BCUT2D eigenvalue weighted by atomic mass is 9.85. The van der Waals surface area contributed by atoms with E-state index in [4.69, 9.17) is 0 Å². The van der Waals surface area contributed by atoms with Crippen LogP contribution < -0.4 is 0 Å². The molecule has 19 heavy (non-hydrogen) atoms. The first-order chi connectivity index (χ1) is 9.33. The molecule has 2 aliphatic heterocycles. The van der Waals surface area contributed by atoms with Crippen molar-refractivity contribution in [2.45, 2.75) is 76.8 Å². The summed E-state index contributed by atoms with van der Waals surface area (Å²) >= 11 is 0. The molecule has 2 heterocycles. The Balaban J connectivity index is 1.46. The van der Waals surface area contributed by atoms with Crippen LogP contribution in [0, 0.1) is 5.92 Å². The maximum Gasteiger partial charge on any atom is 0.0120 e. The van der Waals surface area contributed by atoms with Crippen LogP contribution in [0.2, 0.25) is 0 Å². The smallest absolute Gasteiger partial charge is 0.0120 e. The van der Waals surface area contributed by atoms with Gasteiger partial charge in [0.15, 0.2) is 0 Å². The Morgan fingerprint density at radius 3 is 2.00 bits per heavy atom. The lowest BCUT2D eigenvalue weighted by Crippen LogP contribution is -2.50. The lowest BCUT2D eigenvalue weighted by Gasteiger charge is -2.44. The highest BCUT2D eigenvalue weighted by molar-refractivity contribution is 4.86. The van der Waals surface area contributed by atoms with Crippen LogP contribution in [0.15, 0.2) is 0 Å². The zero-order valence-corrected chi connectivity index (χ0v) is 12.8. The molecule has 1 saturated carbocycles. The van der Waals surface area contributed by atoms with E-state index in [2.05, 4.69) is 16.7 Å². The molecule has 3 fully saturated rings. The van der Waals surface area contributed by atoms with Gasteiger partial charge in [-0.3, -0.25) is 0 Å². The Kier molecular flexibility index (Phi) is 4.81. The Hall–Kier alpha value is -0.0800. The largest absolute Gasteiger partial charge is 0.300 e. The van der Waals surface area contributed by atoms with Gasteiger partial charge in [-0.2, -0.15) is 0 Å². The van der Waals surface area contributed by atoms with Crippen LogP contribution >= 0.6 is 0 Å². The zero-order chi connectivity index (χ0) is 13.1. The zero-order valence-electron chi connectivity index (χ0n) is 12.8. The molecule has 0 spiro atoms. The summed E-state index contributed by atoms with van der Waals surface area (Å²) in [6.45, 7) is 7.96. The van der Waals surface area contributed by atoms with Crippen LogP contribution in [-0.2, 0) is 0 Å². The predicted octanol–water partition coefficient (Wildman–Crippen LogP) is 3.52. The van der Waals surface area contributed by atoms with Crippen LogP contribution in [0.25, 0.3) is 0 Å². The summed E-state index contributed by atoms with van der Waals surface area (Å²) in [5, 5.41) is 0. The number of nitrogens with zero attached hydrogens (tertiary/aromatic N) is 2. The van der Waals surface area contributed by atoms with Gasteiger partial charge in [-0.05, 0) is 70.6 Å². The van der Waals surface area contributed by atoms with Gasteiger partial charge in [0.25, 0.3) is 0 Å². The summed E-state index contributed by atoms with van der Waals surface area (Å²) < 4.78 is 0. The minimum absolute atomic E-state index is 0.914. The molecule has 0 aromatic heterocycles. The van der Waals surface area contributed by atoms with Crippen LogP contribution in [0.4, 0.5) is 0 Å². The third-order valence-electron chi connectivity index (χ3n) is 5.83. The molecule has 0 aromatic rings. The van der Waals surface area contributed by atoms with E-state index in [1.54, 1.807) is 0 Å². The summed E-state index contributed by atoms with van der Waals surface area (Å²) in [6, 6.07) is 1.84. The topological polar surface area (TPSA) is 6.48 Å². The molecule has 0 N–H and O–H groups in total. The predicted molar refractivity (Wildman–Crippen MR) is 81.4 cm³/mol. The molecule has 2 saturated heterocycles. The molecular weight excluding hydrogens is 232 g/mol. The van der Waals surface area contributed by atoms with Crippen molar-refractivity contribution in [3.63, 3.8) is 0 Å². The van der Waals surface area contributed by atoms with Gasteiger partial charge in [-0.25, -0.2) is 0 Å². The van der Waals surface area contributed by atoms with Crippen molar-refractivity contribution < 1.29 is 0 Å². The van der Waals surface area contributed by atoms with Crippen molar-refractivity contribution in [1.29, 1.82) is 0 Å². The van der Waals surface area contributed by atoms with Crippen molar-refractivity contribution in [1.82, 2.24) is 9.80 Å². The molecule has 3 rings (SSSR count). The minimum atomic E-state index is 0.914. The highest BCUT2D eigenvalue weighted by Gasteiger charge is 2.30. The van der Waals surface area contributed by atoms with Crippen molar-refractivity contribution in [2.75, 3.05) is 26.2 Å². The van der Waals surface area contributed by atoms with Gasteiger partial charge in [0.2, 0.25) is 0 Å². The molecule has 0 bridgehead atoms. The van der Waals surface area contributed by atoms with Gasteiger partial charge in [-0.1, -0.05) is 26.2 Å². The van der Waals surface area contributed by atoms with E-state index in [1.165, 1.54) is 84.0 Å². The van der Waals surface area contributed by atoms with Gasteiger partial charge < -0.3 is 9.80 Å². The first kappa shape index (κ1) is 13.9. The Bertz CT molecular complexity index is 264. The molecule has 3 aliphatic rings. The Morgan fingerprint density at radius 2 is 1.32 bits per heavy atom. The van der Waals surface area contributed by atoms with E-state index in [-0.39, 0.29) is 0 Å². The molecule has 1 aliphatic carbocycles. The number of likely N-dealkylation sites (tertiary alicyclic amines) is 2. The van der Waals surface area contributed by atoms with Crippen LogP contribution in [0.5, 0.6) is 0 Å². The quantitative estimate of drug-likeness (QED) is 0.753. The summed E-state index contributed by atoms with van der Waals surface area (Å²) in [5.74, 6) is 0.971. The lowest BCUT2D eigenvalue weighted by molar-refractivity contribution is 0.0549. The fourth-order valence-corrected chi connectivity index (χ4v) is 4.63. The van der Waals surface area contributed by atoms with Gasteiger partial charge in [0.05, 0.1) is 0 Å². The number of piperidine rings is 2. The molecule has 0 aromatic carbocycles. The van der Waals surface area contributed by atoms with Gasteiger partial charge in [0.1, 0.15) is 0 Å². The maximum atomic E-state index is 2.83. The molecule has 110 valence electrons. The molecule has 0 radical (unpaired) electrons. The van der Waals surface area contributed by atoms with Gasteiger partial charge >= 0.3 is 0 Å². The van der Waals surface area contributed by atoms with E-state index < -0.39 is 0 Å². The Labute approximate surface area is 119 Å². The summed E-state index contributed by atoms with van der Waals surface area (Å²) in [5.41, 5.74) is 0. The third-order valence-corrected chi connectivity index (χ3v) is 5.83. The van der Waals surface area contributed by atoms with Gasteiger partial charge in [0, 0.05) is 12.1 Å².